The number of hydrogen-bond donors (Lipinski definition) is 2. The lowest BCUT2D eigenvalue weighted by molar-refractivity contribution is 0.413. The maximum atomic E-state index is 11.8. The third kappa shape index (κ3) is 2.68. The van der Waals surface area contributed by atoms with E-state index < -0.39 is 11.2 Å². The van der Waals surface area contributed by atoms with Gasteiger partial charge < -0.3 is 5.11 Å². The summed E-state index contributed by atoms with van der Waals surface area (Å²) in [5, 5.41) is 10.1. The predicted molar refractivity (Wildman–Crippen MR) is 76.5 cm³/mol. The Hall–Kier alpha value is -2.08. The zero-order chi connectivity index (χ0) is 14.0. The fourth-order valence-electron chi connectivity index (χ4n) is 1.74. The SMILES string of the molecule is C=C(Br)Cn1c(O)c(-c2ccccc2)c(=O)[nH]c1=O. The van der Waals surface area contributed by atoms with Gasteiger partial charge in [0.25, 0.3) is 5.56 Å². The van der Waals surface area contributed by atoms with Crippen LogP contribution in [0, 0.1) is 0 Å². The molecular formula is C13H11BrN2O3. The van der Waals surface area contributed by atoms with E-state index in [0.29, 0.717) is 10.0 Å². The van der Waals surface area contributed by atoms with E-state index in [1.54, 1.807) is 30.3 Å². The Morgan fingerprint density at radius 2 is 1.95 bits per heavy atom. The summed E-state index contributed by atoms with van der Waals surface area (Å²) < 4.78 is 1.55. The first-order valence-corrected chi connectivity index (χ1v) is 6.25. The molecule has 0 radical (unpaired) electrons. The van der Waals surface area contributed by atoms with Gasteiger partial charge in [0.2, 0.25) is 5.88 Å². The van der Waals surface area contributed by atoms with E-state index in [-0.39, 0.29) is 18.0 Å². The summed E-state index contributed by atoms with van der Waals surface area (Å²) in [6.45, 7) is 3.68. The number of hydrogen-bond acceptors (Lipinski definition) is 3. The molecule has 0 fully saturated rings. The van der Waals surface area contributed by atoms with Gasteiger partial charge in [-0.3, -0.25) is 14.3 Å². The molecule has 0 aliphatic rings. The first kappa shape index (κ1) is 13.4. The molecule has 2 rings (SSSR count). The Kier molecular flexibility index (Phi) is 3.71. The third-order valence-corrected chi connectivity index (χ3v) is 2.81. The monoisotopic (exact) mass is 322 g/mol. The van der Waals surface area contributed by atoms with E-state index in [1.165, 1.54) is 0 Å². The zero-order valence-electron chi connectivity index (χ0n) is 9.89. The van der Waals surface area contributed by atoms with Crippen molar-refractivity contribution in [1.29, 1.82) is 0 Å². The molecule has 0 amide bonds. The largest absolute Gasteiger partial charge is 0.494 e. The summed E-state index contributed by atoms with van der Waals surface area (Å²) in [5.74, 6) is -0.374. The van der Waals surface area contributed by atoms with Gasteiger partial charge >= 0.3 is 5.69 Å². The average Bonchev–Trinajstić information content (AvgIpc) is 2.35. The molecule has 2 aromatic rings. The number of nitrogens with zero attached hydrogens (tertiary/aromatic N) is 1. The zero-order valence-corrected chi connectivity index (χ0v) is 11.5. The molecule has 0 bridgehead atoms. The van der Waals surface area contributed by atoms with Gasteiger partial charge in [-0.1, -0.05) is 52.8 Å². The minimum atomic E-state index is -0.678. The summed E-state index contributed by atoms with van der Waals surface area (Å²) in [5.41, 5.74) is -0.697. The van der Waals surface area contributed by atoms with Crippen LogP contribution >= 0.6 is 15.9 Å². The molecule has 0 saturated heterocycles. The second-order valence-electron chi connectivity index (χ2n) is 3.93. The topological polar surface area (TPSA) is 75.1 Å². The van der Waals surface area contributed by atoms with E-state index in [0.717, 1.165) is 4.57 Å². The van der Waals surface area contributed by atoms with Crippen molar-refractivity contribution in [3.63, 3.8) is 0 Å². The summed E-state index contributed by atoms with van der Waals surface area (Å²) >= 11 is 3.12. The van der Waals surface area contributed by atoms with Gasteiger partial charge in [-0.05, 0) is 5.56 Å². The highest BCUT2D eigenvalue weighted by molar-refractivity contribution is 9.11. The Morgan fingerprint density at radius 1 is 1.32 bits per heavy atom. The van der Waals surface area contributed by atoms with Crippen LogP contribution in [0.4, 0.5) is 0 Å². The van der Waals surface area contributed by atoms with Crippen molar-refractivity contribution in [1.82, 2.24) is 9.55 Å². The maximum Gasteiger partial charge on any atom is 0.331 e. The predicted octanol–water partition coefficient (Wildman–Crippen LogP) is 1.82. The Labute approximate surface area is 117 Å². The smallest absolute Gasteiger partial charge is 0.331 e. The minimum absolute atomic E-state index is 0.0638. The summed E-state index contributed by atoms with van der Waals surface area (Å²) in [6, 6.07) is 8.65. The van der Waals surface area contributed by atoms with E-state index in [4.69, 9.17) is 0 Å². The molecule has 0 unspecified atom stereocenters. The van der Waals surface area contributed by atoms with Crippen LogP contribution in [0.25, 0.3) is 11.1 Å². The average molecular weight is 323 g/mol. The minimum Gasteiger partial charge on any atom is -0.494 e. The van der Waals surface area contributed by atoms with Gasteiger partial charge in [0.05, 0.1) is 6.54 Å². The molecule has 0 spiro atoms. The summed E-state index contributed by atoms with van der Waals surface area (Å²) in [6.07, 6.45) is 0. The normalized spacial score (nSPS) is 10.4. The van der Waals surface area contributed by atoms with Crippen LogP contribution in [0.5, 0.6) is 5.88 Å². The van der Waals surface area contributed by atoms with Crippen molar-refractivity contribution < 1.29 is 5.11 Å². The highest BCUT2D eigenvalue weighted by Gasteiger charge is 2.15. The molecule has 1 aromatic heterocycles. The van der Waals surface area contributed by atoms with Crippen LogP contribution in [0.15, 0.2) is 51.0 Å². The summed E-state index contributed by atoms with van der Waals surface area (Å²) in [7, 11) is 0. The lowest BCUT2D eigenvalue weighted by Crippen LogP contribution is -2.31. The van der Waals surface area contributed by atoms with Crippen LogP contribution in [-0.4, -0.2) is 14.7 Å². The van der Waals surface area contributed by atoms with Gasteiger partial charge in [0.15, 0.2) is 0 Å². The number of aromatic hydroxyl groups is 1. The Balaban J connectivity index is 2.72. The second-order valence-corrected chi connectivity index (χ2v) is 5.05. The fraction of sp³-hybridized carbons (Fsp3) is 0.0769. The first-order chi connectivity index (χ1) is 9.00. The highest BCUT2D eigenvalue weighted by atomic mass is 79.9. The second kappa shape index (κ2) is 5.27. The van der Waals surface area contributed by atoms with Crippen molar-refractivity contribution in [3.05, 3.63) is 62.2 Å². The number of aromatic nitrogens is 2. The molecular weight excluding hydrogens is 312 g/mol. The van der Waals surface area contributed by atoms with Crippen LogP contribution in [0.2, 0.25) is 0 Å². The van der Waals surface area contributed by atoms with Gasteiger partial charge in [-0.15, -0.1) is 0 Å². The lowest BCUT2D eigenvalue weighted by Gasteiger charge is -2.10. The number of halogens is 1. The Morgan fingerprint density at radius 3 is 2.53 bits per heavy atom. The van der Waals surface area contributed by atoms with E-state index in [2.05, 4.69) is 27.5 Å². The van der Waals surface area contributed by atoms with Crippen LogP contribution in [0.1, 0.15) is 0 Å². The fourth-order valence-corrected chi connectivity index (χ4v) is 1.99. The molecule has 98 valence electrons. The van der Waals surface area contributed by atoms with Crippen molar-refractivity contribution >= 4 is 15.9 Å². The van der Waals surface area contributed by atoms with Crippen molar-refractivity contribution in [2.75, 3.05) is 0 Å². The van der Waals surface area contributed by atoms with E-state index in [9.17, 15) is 14.7 Å². The molecule has 0 atom stereocenters. The van der Waals surface area contributed by atoms with Crippen LogP contribution < -0.4 is 11.2 Å². The van der Waals surface area contributed by atoms with Gasteiger partial charge in [-0.25, -0.2) is 4.79 Å². The van der Waals surface area contributed by atoms with Gasteiger partial charge in [0.1, 0.15) is 5.56 Å². The molecule has 1 aromatic carbocycles. The molecule has 0 aliphatic heterocycles. The Bertz CT molecular complexity index is 732. The molecule has 0 aliphatic carbocycles. The van der Waals surface area contributed by atoms with Crippen LogP contribution in [0.3, 0.4) is 0 Å². The van der Waals surface area contributed by atoms with Crippen molar-refractivity contribution in [3.8, 4) is 17.0 Å². The number of benzene rings is 1. The molecule has 5 nitrogen and oxygen atoms in total. The quantitative estimate of drug-likeness (QED) is 0.905. The number of aromatic amines is 1. The lowest BCUT2D eigenvalue weighted by atomic mass is 10.1. The van der Waals surface area contributed by atoms with Crippen LogP contribution in [-0.2, 0) is 6.54 Å². The maximum absolute atomic E-state index is 11.8. The molecule has 2 N–H and O–H groups in total. The van der Waals surface area contributed by atoms with E-state index >= 15 is 0 Å². The number of allylic oxidation sites excluding steroid dienone is 1. The molecule has 19 heavy (non-hydrogen) atoms. The number of H-pyrrole nitrogens is 1. The van der Waals surface area contributed by atoms with Gasteiger partial charge in [-0.2, -0.15) is 0 Å². The highest BCUT2D eigenvalue weighted by Crippen LogP contribution is 2.24. The van der Waals surface area contributed by atoms with Crippen molar-refractivity contribution in [2.45, 2.75) is 6.54 Å². The van der Waals surface area contributed by atoms with E-state index in [1.807, 2.05) is 0 Å². The molecule has 6 heteroatoms. The van der Waals surface area contributed by atoms with Crippen molar-refractivity contribution in [2.24, 2.45) is 0 Å². The standard InChI is InChI=1S/C13H11BrN2O3/c1-8(14)7-16-12(18)10(11(17)15-13(16)19)9-5-3-2-4-6-9/h2-6,18H,1,7H2,(H,15,17,19). The summed E-state index contributed by atoms with van der Waals surface area (Å²) in [4.78, 5) is 25.7. The molecule has 1 heterocycles. The first-order valence-electron chi connectivity index (χ1n) is 5.45. The number of rotatable bonds is 3. The van der Waals surface area contributed by atoms with Gasteiger partial charge in [0, 0.05) is 4.48 Å². The molecule has 0 saturated carbocycles. The third-order valence-electron chi connectivity index (χ3n) is 2.56. The number of nitrogens with one attached hydrogen (secondary N) is 1.